The van der Waals surface area contributed by atoms with Gasteiger partial charge in [-0.15, -0.1) is 0 Å². The molecule has 0 saturated heterocycles. The molecular formula is C15H18F2N4O2. The van der Waals surface area contributed by atoms with Crippen molar-refractivity contribution in [2.24, 2.45) is 7.05 Å². The molecule has 124 valence electrons. The molecule has 1 aromatic carbocycles. The number of aliphatic hydroxyl groups is 1. The van der Waals surface area contributed by atoms with Crippen LogP contribution in [0.5, 0.6) is 0 Å². The van der Waals surface area contributed by atoms with Crippen LogP contribution in [0.15, 0.2) is 30.6 Å². The molecule has 1 atom stereocenters. The lowest BCUT2D eigenvalue weighted by atomic mass is 10.1. The van der Waals surface area contributed by atoms with Gasteiger partial charge >= 0.3 is 6.03 Å². The van der Waals surface area contributed by atoms with E-state index in [4.69, 9.17) is 0 Å². The SMILES string of the molecule is Cn1cc([C@H](O)CNC(=O)NCCc2ccc(F)cc2F)cn1. The average molecular weight is 324 g/mol. The van der Waals surface area contributed by atoms with Crippen molar-refractivity contribution < 1.29 is 18.7 Å². The number of aliphatic hydroxyl groups excluding tert-OH is 1. The molecular weight excluding hydrogens is 306 g/mol. The number of nitrogens with zero attached hydrogens (tertiary/aromatic N) is 2. The molecule has 0 saturated carbocycles. The summed E-state index contributed by atoms with van der Waals surface area (Å²) in [5, 5.41) is 18.8. The minimum atomic E-state index is -0.857. The Labute approximate surface area is 132 Å². The molecule has 23 heavy (non-hydrogen) atoms. The van der Waals surface area contributed by atoms with E-state index in [2.05, 4.69) is 15.7 Å². The Balaban J connectivity index is 1.71. The van der Waals surface area contributed by atoms with Gasteiger partial charge in [0, 0.05) is 38.0 Å². The van der Waals surface area contributed by atoms with E-state index in [1.54, 1.807) is 17.9 Å². The second-order valence-electron chi connectivity index (χ2n) is 5.09. The fourth-order valence-electron chi connectivity index (χ4n) is 2.02. The number of halogens is 2. The average Bonchev–Trinajstić information content (AvgIpc) is 2.93. The van der Waals surface area contributed by atoms with Crippen LogP contribution >= 0.6 is 0 Å². The van der Waals surface area contributed by atoms with E-state index in [9.17, 15) is 18.7 Å². The van der Waals surface area contributed by atoms with Gasteiger partial charge in [-0.05, 0) is 18.1 Å². The molecule has 0 aliphatic carbocycles. The van der Waals surface area contributed by atoms with Gasteiger partial charge in [0.05, 0.1) is 12.3 Å². The van der Waals surface area contributed by atoms with Crippen LogP contribution in [-0.2, 0) is 13.5 Å². The molecule has 1 heterocycles. The van der Waals surface area contributed by atoms with Crippen LogP contribution in [0.2, 0.25) is 0 Å². The fraction of sp³-hybridized carbons (Fsp3) is 0.333. The van der Waals surface area contributed by atoms with Gasteiger partial charge in [0.15, 0.2) is 0 Å². The third-order valence-corrected chi connectivity index (χ3v) is 3.26. The van der Waals surface area contributed by atoms with Gasteiger partial charge in [-0.2, -0.15) is 5.10 Å². The molecule has 2 amide bonds. The lowest BCUT2D eigenvalue weighted by Crippen LogP contribution is -2.38. The third kappa shape index (κ3) is 5.03. The highest BCUT2D eigenvalue weighted by Crippen LogP contribution is 2.10. The van der Waals surface area contributed by atoms with Crippen LogP contribution in [0.3, 0.4) is 0 Å². The zero-order valence-electron chi connectivity index (χ0n) is 12.6. The number of benzene rings is 1. The van der Waals surface area contributed by atoms with E-state index < -0.39 is 23.8 Å². The number of rotatable bonds is 6. The highest BCUT2D eigenvalue weighted by atomic mass is 19.1. The summed E-state index contributed by atoms with van der Waals surface area (Å²) in [5.74, 6) is -1.28. The quantitative estimate of drug-likeness (QED) is 0.749. The van der Waals surface area contributed by atoms with Crippen LogP contribution in [0.25, 0.3) is 0 Å². The maximum absolute atomic E-state index is 13.4. The van der Waals surface area contributed by atoms with Crippen LogP contribution < -0.4 is 10.6 Å². The number of hydrogen-bond donors (Lipinski definition) is 3. The van der Waals surface area contributed by atoms with E-state index in [1.807, 2.05) is 0 Å². The normalized spacial score (nSPS) is 12.0. The highest BCUT2D eigenvalue weighted by molar-refractivity contribution is 5.73. The van der Waals surface area contributed by atoms with Crippen molar-refractivity contribution in [2.45, 2.75) is 12.5 Å². The summed E-state index contributed by atoms with van der Waals surface area (Å²) < 4.78 is 27.7. The Morgan fingerprint density at radius 3 is 2.83 bits per heavy atom. The van der Waals surface area contributed by atoms with Crippen molar-refractivity contribution in [1.29, 1.82) is 0 Å². The van der Waals surface area contributed by atoms with E-state index in [0.29, 0.717) is 11.1 Å². The summed E-state index contributed by atoms with van der Waals surface area (Å²) in [6, 6.07) is 2.84. The summed E-state index contributed by atoms with van der Waals surface area (Å²) in [7, 11) is 1.73. The highest BCUT2D eigenvalue weighted by Gasteiger charge is 2.11. The van der Waals surface area contributed by atoms with E-state index in [0.717, 1.165) is 6.07 Å². The van der Waals surface area contributed by atoms with Gasteiger partial charge in [-0.3, -0.25) is 4.68 Å². The molecule has 0 spiro atoms. The third-order valence-electron chi connectivity index (χ3n) is 3.26. The Hall–Kier alpha value is -2.48. The molecule has 0 aliphatic heterocycles. The van der Waals surface area contributed by atoms with Gasteiger partial charge in [0.1, 0.15) is 11.6 Å². The van der Waals surface area contributed by atoms with Crippen molar-refractivity contribution in [1.82, 2.24) is 20.4 Å². The molecule has 6 nitrogen and oxygen atoms in total. The van der Waals surface area contributed by atoms with Crippen molar-refractivity contribution in [3.63, 3.8) is 0 Å². The standard InChI is InChI=1S/C15H18F2N4O2/c1-21-9-11(7-20-21)14(22)8-19-15(23)18-5-4-10-2-3-12(16)6-13(10)17/h2-3,6-7,9,14,22H,4-5,8H2,1H3,(H2,18,19,23)/t14-/m1/s1. The van der Waals surface area contributed by atoms with Gasteiger partial charge in [-0.1, -0.05) is 6.07 Å². The Kier molecular flexibility index (Phi) is 5.64. The predicted octanol–water partition coefficient (Wildman–Crippen LogP) is 1.27. The molecule has 2 rings (SSSR count). The number of amides is 2. The molecule has 8 heteroatoms. The summed E-state index contributed by atoms with van der Waals surface area (Å²) in [5.41, 5.74) is 0.920. The smallest absolute Gasteiger partial charge is 0.314 e. The number of nitrogens with one attached hydrogen (secondary N) is 2. The van der Waals surface area contributed by atoms with Gasteiger partial charge in [-0.25, -0.2) is 13.6 Å². The maximum atomic E-state index is 13.4. The summed E-state index contributed by atoms with van der Waals surface area (Å²) in [4.78, 5) is 11.6. The number of carbonyl (C=O) groups excluding carboxylic acids is 1. The minimum Gasteiger partial charge on any atom is -0.386 e. The first-order valence-corrected chi connectivity index (χ1v) is 7.08. The lowest BCUT2D eigenvalue weighted by Gasteiger charge is -2.11. The number of aryl methyl sites for hydroxylation is 1. The van der Waals surface area contributed by atoms with E-state index in [1.165, 1.54) is 18.3 Å². The van der Waals surface area contributed by atoms with Crippen molar-refractivity contribution >= 4 is 6.03 Å². The maximum Gasteiger partial charge on any atom is 0.314 e. The van der Waals surface area contributed by atoms with Crippen molar-refractivity contribution in [3.05, 3.63) is 53.4 Å². The van der Waals surface area contributed by atoms with Crippen molar-refractivity contribution in [3.8, 4) is 0 Å². The van der Waals surface area contributed by atoms with Crippen LogP contribution in [0.1, 0.15) is 17.2 Å². The van der Waals surface area contributed by atoms with Crippen LogP contribution in [0, 0.1) is 11.6 Å². The largest absolute Gasteiger partial charge is 0.386 e. The lowest BCUT2D eigenvalue weighted by molar-refractivity contribution is 0.173. The predicted molar refractivity (Wildman–Crippen MR) is 79.6 cm³/mol. The summed E-state index contributed by atoms with van der Waals surface area (Å²) >= 11 is 0. The molecule has 1 aromatic heterocycles. The summed E-state index contributed by atoms with van der Waals surface area (Å²) in [6.45, 7) is 0.222. The molecule has 2 aromatic rings. The minimum absolute atomic E-state index is 0.0302. The Morgan fingerprint density at radius 2 is 2.17 bits per heavy atom. The van der Waals surface area contributed by atoms with E-state index >= 15 is 0 Å². The van der Waals surface area contributed by atoms with Gasteiger partial charge in [0.2, 0.25) is 0 Å². The van der Waals surface area contributed by atoms with E-state index in [-0.39, 0.29) is 19.5 Å². The molecule has 0 unspecified atom stereocenters. The molecule has 3 N–H and O–H groups in total. The topological polar surface area (TPSA) is 79.2 Å². The first kappa shape index (κ1) is 16.9. The number of aromatic nitrogens is 2. The first-order valence-electron chi connectivity index (χ1n) is 7.08. The Bertz CT molecular complexity index is 675. The molecule has 0 bridgehead atoms. The second-order valence-corrected chi connectivity index (χ2v) is 5.09. The first-order chi connectivity index (χ1) is 11.0. The Morgan fingerprint density at radius 1 is 1.39 bits per heavy atom. The van der Waals surface area contributed by atoms with Crippen LogP contribution in [-0.4, -0.2) is 34.0 Å². The van der Waals surface area contributed by atoms with Crippen molar-refractivity contribution in [2.75, 3.05) is 13.1 Å². The second kappa shape index (κ2) is 7.68. The zero-order valence-corrected chi connectivity index (χ0v) is 12.6. The summed E-state index contributed by atoms with van der Waals surface area (Å²) in [6.07, 6.45) is 2.55. The van der Waals surface area contributed by atoms with Gasteiger partial charge in [0.25, 0.3) is 0 Å². The number of carbonyl (C=O) groups is 1. The molecule has 0 radical (unpaired) electrons. The van der Waals surface area contributed by atoms with Gasteiger partial charge < -0.3 is 15.7 Å². The molecule has 0 aliphatic rings. The van der Waals surface area contributed by atoms with Crippen LogP contribution in [0.4, 0.5) is 13.6 Å². The fourth-order valence-corrected chi connectivity index (χ4v) is 2.02. The number of urea groups is 1. The number of hydrogen-bond acceptors (Lipinski definition) is 3. The zero-order chi connectivity index (χ0) is 16.8. The monoisotopic (exact) mass is 324 g/mol. The molecule has 0 fully saturated rings.